The van der Waals surface area contributed by atoms with E-state index in [-0.39, 0.29) is 17.5 Å². The number of hydrogen-bond acceptors (Lipinski definition) is 5. The summed E-state index contributed by atoms with van der Waals surface area (Å²) in [4.78, 5) is 22.6. The summed E-state index contributed by atoms with van der Waals surface area (Å²) < 4.78 is 4.93. The highest BCUT2D eigenvalue weighted by molar-refractivity contribution is 6.35. The fraction of sp³-hybridized carbons (Fsp3) is 0.308. The van der Waals surface area contributed by atoms with Gasteiger partial charge in [-0.15, -0.1) is 0 Å². The van der Waals surface area contributed by atoms with E-state index in [0.29, 0.717) is 5.56 Å². The first kappa shape index (κ1) is 15.5. The minimum absolute atomic E-state index is 0.0976. The molecule has 1 aromatic rings. The molecule has 20 heavy (non-hydrogen) atoms. The van der Waals surface area contributed by atoms with E-state index in [1.807, 2.05) is 0 Å². The zero-order valence-corrected chi connectivity index (χ0v) is 11.5. The van der Waals surface area contributed by atoms with E-state index in [1.165, 1.54) is 13.3 Å². The van der Waals surface area contributed by atoms with Crippen molar-refractivity contribution >= 4 is 18.0 Å². The van der Waals surface area contributed by atoms with Gasteiger partial charge in [-0.25, -0.2) is 5.43 Å². The number of phenols is 1. The van der Waals surface area contributed by atoms with E-state index in [1.54, 1.807) is 32.0 Å². The Kier molecular flexibility index (Phi) is 5.52. The summed E-state index contributed by atoms with van der Waals surface area (Å²) in [7, 11) is 1.42. The Bertz CT molecular complexity index is 526. The van der Waals surface area contributed by atoms with Gasteiger partial charge in [0.2, 0.25) is 0 Å². The number of benzene rings is 1. The Labute approximate surface area is 116 Å². The van der Waals surface area contributed by atoms with Crippen LogP contribution in [0, 0.1) is 0 Å². The number of carbonyl (C=O) groups is 2. The number of aromatic hydroxyl groups is 1. The van der Waals surface area contributed by atoms with Crippen LogP contribution in [-0.2, 0) is 9.59 Å². The zero-order chi connectivity index (χ0) is 15.1. The Balaban J connectivity index is 2.66. The van der Waals surface area contributed by atoms with Gasteiger partial charge in [-0.2, -0.15) is 5.10 Å². The van der Waals surface area contributed by atoms with Gasteiger partial charge in [-0.3, -0.25) is 9.59 Å². The van der Waals surface area contributed by atoms with Gasteiger partial charge in [0.1, 0.15) is 0 Å². The lowest BCUT2D eigenvalue weighted by molar-refractivity contribution is -0.139. The molecule has 0 unspecified atom stereocenters. The third kappa shape index (κ3) is 4.27. The SMILES string of the molecule is COc1cccc(C=NNC(=O)C(=O)NC(C)C)c1O. The van der Waals surface area contributed by atoms with Crippen LogP contribution in [0.25, 0.3) is 0 Å². The van der Waals surface area contributed by atoms with Crippen LogP contribution < -0.4 is 15.5 Å². The maximum absolute atomic E-state index is 11.4. The molecule has 3 N–H and O–H groups in total. The summed E-state index contributed by atoms with van der Waals surface area (Å²) in [6, 6.07) is 4.69. The molecular formula is C13H17N3O4. The van der Waals surface area contributed by atoms with Crippen molar-refractivity contribution < 1.29 is 19.4 Å². The molecule has 0 heterocycles. The average Bonchev–Trinajstić information content (AvgIpc) is 2.39. The molecule has 0 aromatic heterocycles. The Morgan fingerprint density at radius 1 is 1.35 bits per heavy atom. The molecule has 0 saturated carbocycles. The monoisotopic (exact) mass is 279 g/mol. The third-order valence-corrected chi connectivity index (χ3v) is 2.25. The second-order valence-electron chi connectivity index (χ2n) is 4.23. The number of amides is 2. The van der Waals surface area contributed by atoms with Gasteiger partial charge in [0.25, 0.3) is 0 Å². The highest BCUT2D eigenvalue weighted by Gasteiger charge is 2.13. The molecule has 2 amide bonds. The summed E-state index contributed by atoms with van der Waals surface area (Å²) in [5.41, 5.74) is 2.42. The number of hydrazone groups is 1. The average molecular weight is 279 g/mol. The minimum atomic E-state index is -0.877. The van der Waals surface area contributed by atoms with Crippen molar-refractivity contribution in [1.82, 2.24) is 10.7 Å². The van der Waals surface area contributed by atoms with E-state index >= 15 is 0 Å². The molecule has 0 aliphatic rings. The van der Waals surface area contributed by atoms with E-state index in [9.17, 15) is 14.7 Å². The molecule has 0 aliphatic carbocycles. The van der Waals surface area contributed by atoms with Crippen LogP contribution in [-0.4, -0.2) is 36.3 Å². The number of hydrogen-bond donors (Lipinski definition) is 3. The van der Waals surface area contributed by atoms with E-state index in [0.717, 1.165) is 0 Å². The Morgan fingerprint density at radius 2 is 2.05 bits per heavy atom. The molecule has 0 aliphatic heterocycles. The highest BCUT2D eigenvalue weighted by atomic mass is 16.5. The molecule has 1 aromatic carbocycles. The van der Waals surface area contributed by atoms with Crippen molar-refractivity contribution in [3.63, 3.8) is 0 Å². The fourth-order valence-corrected chi connectivity index (χ4v) is 1.35. The molecule has 7 heteroatoms. The maximum atomic E-state index is 11.4. The molecule has 0 atom stereocenters. The number of nitrogens with zero attached hydrogens (tertiary/aromatic N) is 1. The number of methoxy groups -OCH3 is 1. The molecule has 1 rings (SSSR count). The van der Waals surface area contributed by atoms with Gasteiger partial charge in [-0.05, 0) is 26.0 Å². The molecule has 0 bridgehead atoms. The number of phenolic OH excluding ortho intramolecular Hbond substituents is 1. The summed E-state index contributed by atoms with van der Waals surface area (Å²) in [6.07, 6.45) is 1.22. The third-order valence-electron chi connectivity index (χ3n) is 2.25. The minimum Gasteiger partial charge on any atom is -0.504 e. The second kappa shape index (κ2) is 7.13. The van der Waals surface area contributed by atoms with Gasteiger partial charge < -0.3 is 15.2 Å². The van der Waals surface area contributed by atoms with Crippen LogP contribution in [0.5, 0.6) is 11.5 Å². The van der Waals surface area contributed by atoms with Gasteiger partial charge in [-0.1, -0.05) is 6.07 Å². The van der Waals surface area contributed by atoms with Crippen molar-refractivity contribution in [1.29, 1.82) is 0 Å². The van der Waals surface area contributed by atoms with E-state index in [2.05, 4.69) is 15.8 Å². The topological polar surface area (TPSA) is 100 Å². The quantitative estimate of drug-likeness (QED) is 0.421. The standard InChI is InChI=1S/C13H17N3O4/c1-8(2)15-12(18)13(19)16-14-7-9-5-4-6-10(20-3)11(9)17/h4-8,17H,1-3H3,(H,15,18)(H,16,19). The van der Waals surface area contributed by atoms with Crippen LogP contribution in [0.15, 0.2) is 23.3 Å². The smallest absolute Gasteiger partial charge is 0.329 e. The normalized spacial score (nSPS) is 10.6. The molecule has 7 nitrogen and oxygen atoms in total. The van der Waals surface area contributed by atoms with Crippen LogP contribution in [0.2, 0.25) is 0 Å². The number of para-hydroxylation sites is 1. The maximum Gasteiger partial charge on any atom is 0.329 e. The summed E-state index contributed by atoms with van der Waals surface area (Å²) in [5, 5.41) is 15.8. The lowest BCUT2D eigenvalue weighted by atomic mass is 10.2. The largest absolute Gasteiger partial charge is 0.504 e. The fourth-order valence-electron chi connectivity index (χ4n) is 1.35. The van der Waals surface area contributed by atoms with Gasteiger partial charge in [0, 0.05) is 11.6 Å². The Hall–Kier alpha value is -2.57. The number of carbonyl (C=O) groups excluding carboxylic acids is 2. The predicted octanol–water partition coefficient (Wildman–Crippen LogP) is 0.375. The van der Waals surface area contributed by atoms with Gasteiger partial charge >= 0.3 is 11.8 Å². The second-order valence-corrected chi connectivity index (χ2v) is 4.23. The lowest BCUT2D eigenvalue weighted by Crippen LogP contribution is -2.41. The molecule has 0 saturated heterocycles. The first-order chi connectivity index (χ1) is 9.45. The van der Waals surface area contributed by atoms with Crippen molar-refractivity contribution in [3.8, 4) is 11.5 Å². The number of rotatable bonds is 4. The van der Waals surface area contributed by atoms with Crippen LogP contribution in [0.4, 0.5) is 0 Å². The summed E-state index contributed by atoms with van der Waals surface area (Å²) in [6.45, 7) is 3.48. The van der Waals surface area contributed by atoms with E-state index < -0.39 is 11.8 Å². The zero-order valence-electron chi connectivity index (χ0n) is 11.5. The summed E-state index contributed by atoms with van der Waals surface area (Å²) in [5.74, 6) is -1.46. The van der Waals surface area contributed by atoms with Crippen LogP contribution >= 0.6 is 0 Å². The molecule has 0 radical (unpaired) electrons. The number of ether oxygens (including phenoxy) is 1. The molecule has 0 spiro atoms. The van der Waals surface area contributed by atoms with Crippen LogP contribution in [0.3, 0.4) is 0 Å². The van der Waals surface area contributed by atoms with E-state index in [4.69, 9.17) is 4.74 Å². The van der Waals surface area contributed by atoms with Gasteiger partial charge in [0.15, 0.2) is 11.5 Å². The highest BCUT2D eigenvalue weighted by Crippen LogP contribution is 2.27. The first-order valence-corrected chi connectivity index (χ1v) is 5.95. The predicted molar refractivity (Wildman–Crippen MR) is 73.7 cm³/mol. The first-order valence-electron chi connectivity index (χ1n) is 5.95. The Morgan fingerprint density at radius 3 is 2.65 bits per heavy atom. The van der Waals surface area contributed by atoms with Crippen molar-refractivity contribution in [2.45, 2.75) is 19.9 Å². The van der Waals surface area contributed by atoms with Crippen molar-refractivity contribution in [3.05, 3.63) is 23.8 Å². The molecular weight excluding hydrogens is 262 g/mol. The van der Waals surface area contributed by atoms with Crippen molar-refractivity contribution in [2.24, 2.45) is 5.10 Å². The summed E-state index contributed by atoms with van der Waals surface area (Å²) >= 11 is 0. The lowest BCUT2D eigenvalue weighted by Gasteiger charge is -2.06. The van der Waals surface area contributed by atoms with Gasteiger partial charge in [0.05, 0.1) is 13.3 Å². The van der Waals surface area contributed by atoms with Crippen molar-refractivity contribution in [2.75, 3.05) is 7.11 Å². The molecule has 0 fully saturated rings. The van der Waals surface area contributed by atoms with Crippen LogP contribution in [0.1, 0.15) is 19.4 Å². The number of nitrogens with one attached hydrogen (secondary N) is 2. The molecule has 108 valence electrons.